The highest BCUT2D eigenvalue weighted by Crippen LogP contribution is 2.24. The first kappa shape index (κ1) is 8.37. The van der Waals surface area contributed by atoms with Crippen LogP contribution in [0, 0.1) is 0 Å². The molecule has 2 N–H and O–H groups in total. The average molecular weight is 194 g/mol. The van der Waals surface area contributed by atoms with Gasteiger partial charge in [0.1, 0.15) is 5.03 Å². The first-order chi connectivity index (χ1) is 6.33. The lowest BCUT2D eigenvalue weighted by Crippen LogP contribution is -1.90. The number of imidazole rings is 1. The SMILES string of the molecule is CCSc1c(N)nc2ncccn12. The normalized spacial score (nSPS) is 10.8. The summed E-state index contributed by atoms with van der Waals surface area (Å²) in [5, 5.41) is 0.977. The van der Waals surface area contributed by atoms with Crippen LogP contribution in [-0.4, -0.2) is 20.1 Å². The molecule has 0 bridgehead atoms. The van der Waals surface area contributed by atoms with Crippen molar-refractivity contribution in [2.45, 2.75) is 11.9 Å². The van der Waals surface area contributed by atoms with E-state index in [-0.39, 0.29) is 0 Å². The van der Waals surface area contributed by atoms with Crippen LogP contribution < -0.4 is 5.73 Å². The summed E-state index contributed by atoms with van der Waals surface area (Å²) < 4.78 is 1.91. The standard InChI is InChI=1S/C8H10N4S/c1-2-13-7-6(9)11-8-10-4-3-5-12(7)8/h3-5H,2,9H2,1H3. The van der Waals surface area contributed by atoms with Crippen LogP contribution in [0.2, 0.25) is 0 Å². The predicted octanol–water partition coefficient (Wildman–Crippen LogP) is 1.42. The highest BCUT2D eigenvalue weighted by atomic mass is 32.2. The summed E-state index contributed by atoms with van der Waals surface area (Å²) in [6.45, 7) is 2.08. The maximum atomic E-state index is 5.75. The molecule has 13 heavy (non-hydrogen) atoms. The largest absolute Gasteiger partial charge is 0.381 e. The van der Waals surface area contributed by atoms with Crippen molar-refractivity contribution in [3.63, 3.8) is 0 Å². The minimum Gasteiger partial charge on any atom is -0.381 e. The fourth-order valence-corrected chi connectivity index (χ4v) is 1.91. The van der Waals surface area contributed by atoms with Crippen molar-refractivity contribution >= 4 is 23.4 Å². The third-order valence-corrected chi connectivity index (χ3v) is 2.63. The van der Waals surface area contributed by atoms with Gasteiger partial charge >= 0.3 is 0 Å². The second-order valence-electron chi connectivity index (χ2n) is 2.52. The Bertz CT molecular complexity index is 423. The zero-order valence-corrected chi connectivity index (χ0v) is 8.08. The average Bonchev–Trinajstić information content (AvgIpc) is 2.44. The first-order valence-corrected chi connectivity index (χ1v) is 5.03. The van der Waals surface area contributed by atoms with Crippen molar-refractivity contribution in [2.75, 3.05) is 11.5 Å². The summed E-state index contributed by atoms with van der Waals surface area (Å²) in [7, 11) is 0. The van der Waals surface area contributed by atoms with Crippen LogP contribution in [-0.2, 0) is 0 Å². The van der Waals surface area contributed by atoms with Gasteiger partial charge in [0.25, 0.3) is 0 Å². The lowest BCUT2D eigenvalue weighted by Gasteiger charge is -1.97. The van der Waals surface area contributed by atoms with E-state index in [0.29, 0.717) is 11.6 Å². The molecule has 0 radical (unpaired) electrons. The number of thioether (sulfide) groups is 1. The summed E-state index contributed by atoms with van der Waals surface area (Å²) >= 11 is 1.67. The fourth-order valence-electron chi connectivity index (χ4n) is 1.16. The number of hydrogen-bond donors (Lipinski definition) is 1. The maximum Gasteiger partial charge on any atom is 0.236 e. The van der Waals surface area contributed by atoms with Crippen LogP contribution in [0.4, 0.5) is 5.82 Å². The van der Waals surface area contributed by atoms with E-state index >= 15 is 0 Å². The van der Waals surface area contributed by atoms with Gasteiger partial charge in [0, 0.05) is 12.4 Å². The molecule has 2 aromatic heterocycles. The van der Waals surface area contributed by atoms with Gasteiger partial charge in [-0.2, -0.15) is 4.98 Å². The van der Waals surface area contributed by atoms with Crippen molar-refractivity contribution < 1.29 is 0 Å². The molecule has 0 amide bonds. The fraction of sp³-hybridized carbons (Fsp3) is 0.250. The zero-order chi connectivity index (χ0) is 9.26. The van der Waals surface area contributed by atoms with Crippen molar-refractivity contribution in [3.8, 4) is 0 Å². The minimum atomic E-state index is 0.561. The Morgan fingerprint density at radius 3 is 3.23 bits per heavy atom. The van der Waals surface area contributed by atoms with E-state index in [1.165, 1.54) is 0 Å². The van der Waals surface area contributed by atoms with Gasteiger partial charge in [0.05, 0.1) is 0 Å². The zero-order valence-electron chi connectivity index (χ0n) is 7.27. The topological polar surface area (TPSA) is 56.2 Å². The molecule has 0 aliphatic rings. The molecule has 0 fully saturated rings. The van der Waals surface area contributed by atoms with E-state index in [9.17, 15) is 0 Å². The molecule has 0 aliphatic carbocycles. The molecule has 0 aliphatic heterocycles. The monoisotopic (exact) mass is 194 g/mol. The molecule has 0 spiro atoms. The number of hydrogen-bond acceptors (Lipinski definition) is 4. The van der Waals surface area contributed by atoms with E-state index in [1.807, 2.05) is 16.7 Å². The highest BCUT2D eigenvalue weighted by molar-refractivity contribution is 7.99. The predicted molar refractivity (Wildman–Crippen MR) is 53.8 cm³/mol. The van der Waals surface area contributed by atoms with Gasteiger partial charge in [-0.25, -0.2) is 4.98 Å². The highest BCUT2D eigenvalue weighted by Gasteiger charge is 2.08. The van der Waals surface area contributed by atoms with Crippen molar-refractivity contribution in [2.24, 2.45) is 0 Å². The van der Waals surface area contributed by atoms with Crippen LogP contribution in [0.15, 0.2) is 23.5 Å². The lowest BCUT2D eigenvalue weighted by molar-refractivity contribution is 1.02. The Labute approximate surface area is 80.2 Å². The Kier molecular flexibility index (Phi) is 2.10. The number of nitrogens with two attached hydrogens (primary N) is 1. The van der Waals surface area contributed by atoms with Gasteiger partial charge < -0.3 is 5.73 Å². The van der Waals surface area contributed by atoms with Crippen molar-refractivity contribution in [1.82, 2.24) is 14.4 Å². The van der Waals surface area contributed by atoms with Crippen LogP contribution >= 0.6 is 11.8 Å². The molecule has 2 heterocycles. The molecule has 68 valence electrons. The molecule has 0 saturated carbocycles. The number of rotatable bonds is 2. The minimum absolute atomic E-state index is 0.561. The summed E-state index contributed by atoms with van der Waals surface area (Å²) in [5.41, 5.74) is 5.75. The summed E-state index contributed by atoms with van der Waals surface area (Å²) in [4.78, 5) is 8.24. The molecule has 0 saturated heterocycles. The summed E-state index contributed by atoms with van der Waals surface area (Å²) in [5.74, 6) is 2.20. The van der Waals surface area contributed by atoms with Gasteiger partial charge in [0.15, 0.2) is 5.82 Å². The molecule has 2 aromatic rings. The molecule has 0 unspecified atom stereocenters. The van der Waals surface area contributed by atoms with Crippen molar-refractivity contribution in [3.05, 3.63) is 18.5 Å². The number of nitrogen functional groups attached to an aromatic ring is 1. The first-order valence-electron chi connectivity index (χ1n) is 4.04. The number of nitrogens with zero attached hydrogens (tertiary/aromatic N) is 3. The molecule has 0 aromatic carbocycles. The summed E-state index contributed by atoms with van der Waals surface area (Å²) in [6.07, 6.45) is 3.63. The Hall–Kier alpha value is -1.23. The van der Waals surface area contributed by atoms with E-state index < -0.39 is 0 Å². The van der Waals surface area contributed by atoms with Gasteiger partial charge in [0.2, 0.25) is 5.78 Å². The molecular formula is C8H10N4S. The molecule has 4 nitrogen and oxygen atoms in total. The number of anilines is 1. The Morgan fingerprint density at radius 1 is 1.62 bits per heavy atom. The molecule has 2 rings (SSSR count). The third kappa shape index (κ3) is 1.35. The van der Waals surface area contributed by atoms with E-state index in [0.717, 1.165) is 10.8 Å². The third-order valence-electron chi connectivity index (χ3n) is 1.67. The quantitative estimate of drug-likeness (QED) is 0.735. The number of fused-ring (bicyclic) bond motifs is 1. The van der Waals surface area contributed by atoms with E-state index in [1.54, 1.807) is 18.0 Å². The van der Waals surface area contributed by atoms with Crippen LogP contribution in [0.5, 0.6) is 0 Å². The Balaban J connectivity index is 2.64. The van der Waals surface area contributed by atoms with Crippen LogP contribution in [0.3, 0.4) is 0 Å². The molecular weight excluding hydrogens is 184 g/mol. The second-order valence-corrected chi connectivity index (χ2v) is 3.78. The van der Waals surface area contributed by atoms with Gasteiger partial charge in [-0.05, 0) is 11.8 Å². The van der Waals surface area contributed by atoms with E-state index in [4.69, 9.17) is 5.73 Å². The summed E-state index contributed by atoms with van der Waals surface area (Å²) in [6, 6.07) is 1.87. The van der Waals surface area contributed by atoms with Crippen molar-refractivity contribution in [1.29, 1.82) is 0 Å². The maximum absolute atomic E-state index is 5.75. The van der Waals surface area contributed by atoms with Gasteiger partial charge in [-0.15, -0.1) is 11.8 Å². The lowest BCUT2D eigenvalue weighted by atomic mass is 10.7. The van der Waals surface area contributed by atoms with E-state index in [2.05, 4.69) is 16.9 Å². The molecule has 5 heteroatoms. The number of aromatic nitrogens is 3. The Morgan fingerprint density at radius 2 is 2.46 bits per heavy atom. The second kappa shape index (κ2) is 3.26. The molecule has 0 atom stereocenters. The smallest absolute Gasteiger partial charge is 0.236 e. The van der Waals surface area contributed by atoms with Gasteiger partial charge in [-0.3, -0.25) is 4.40 Å². The van der Waals surface area contributed by atoms with Crippen LogP contribution in [0.1, 0.15) is 6.92 Å². The van der Waals surface area contributed by atoms with Gasteiger partial charge in [-0.1, -0.05) is 6.92 Å². The van der Waals surface area contributed by atoms with Crippen LogP contribution in [0.25, 0.3) is 5.78 Å².